The van der Waals surface area contributed by atoms with Crippen LogP contribution in [0.15, 0.2) is 144 Å². The third-order valence-electron chi connectivity index (χ3n) is 17.7. The molecule has 2 amide bonds. The first-order valence-electron chi connectivity index (χ1n) is 32.5. The second-order valence-corrected chi connectivity index (χ2v) is 25.8. The molecule has 2 aliphatic carbocycles. The highest BCUT2D eigenvalue weighted by molar-refractivity contribution is 6.35. The van der Waals surface area contributed by atoms with E-state index in [-0.39, 0.29) is 89.4 Å². The number of fused-ring (bicyclic) bond motifs is 4. The lowest BCUT2D eigenvalue weighted by molar-refractivity contribution is -0.113. The van der Waals surface area contributed by atoms with Crippen molar-refractivity contribution in [2.24, 2.45) is 16.8 Å². The van der Waals surface area contributed by atoms with Crippen molar-refractivity contribution in [2.75, 3.05) is 10.6 Å². The van der Waals surface area contributed by atoms with Gasteiger partial charge in [-0.25, -0.2) is 14.4 Å². The number of aliphatic hydroxyl groups is 2. The van der Waals surface area contributed by atoms with Crippen LogP contribution in [0.4, 0.5) is 26.7 Å². The number of isocyanates is 1. The van der Waals surface area contributed by atoms with Gasteiger partial charge in [0, 0.05) is 77.8 Å². The van der Waals surface area contributed by atoms with Gasteiger partial charge in [0.1, 0.15) is 35.5 Å². The average molecular weight is 1390 g/mol. The number of aldehydes is 2. The maximum absolute atomic E-state index is 13.8. The summed E-state index contributed by atoms with van der Waals surface area (Å²) in [5, 5.41) is 118. The zero-order valence-electron chi connectivity index (χ0n) is 58.2. The molecule has 0 heterocycles. The highest BCUT2D eigenvalue weighted by Crippen LogP contribution is 2.57. The van der Waals surface area contributed by atoms with Crippen molar-refractivity contribution in [1.82, 2.24) is 0 Å². The third-order valence-corrected chi connectivity index (χ3v) is 17.7. The molecule has 0 saturated carbocycles. The Labute approximate surface area is 591 Å². The Morgan fingerprint density at radius 3 is 1.06 bits per heavy atom. The Morgan fingerprint density at radius 2 is 0.748 bits per heavy atom. The minimum atomic E-state index is -0.938. The van der Waals surface area contributed by atoms with Gasteiger partial charge in [-0.1, -0.05) is 134 Å². The fourth-order valence-corrected chi connectivity index (χ4v) is 13.3. The van der Waals surface area contributed by atoms with Crippen LogP contribution in [-0.4, -0.2) is 93.5 Å². The van der Waals surface area contributed by atoms with E-state index < -0.39 is 93.1 Å². The standard InChI is InChI=1S/C44H40N2O10.C30H30O8.C7H5NO/c1-21(2)31-27-17-23(5)33(39(49)35(27)29(37(47)41(31)51)19-55-43(53)45-25-13-9-7-10-14-25)34-24(6)18-28-32(22(3)4)42(52)38(48)30(36(28)40(34)50)20-56-44(54)46-26-15-11-8-12-16-26;1-11(2)19-15-7-13(5)21(27(35)23(15)17(9-31)25(33)29(19)37)22-14(6)8-16-20(12(3)4)30(38)26(34)18(10-32)24(16)28(22)36;9-6-8-7-4-2-1-3-5-7/h7-22,49-52H,1-6H3,(H,45,53)(H,46,54);7-12,33-38H,1-6H3;1-5H/b29-19-,30-20-;;. The monoisotopic (exact) mass is 1390 g/mol. The van der Waals surface area contributed by atoms with Crippen LogP contribution in [-0.2, 0) is 23.9 Å². The number of aliphatic hydroxyl groups excluding tert-OH is 2. The number of anilines is 2. The number of aliphatic imine (C=N–C) groups is 1. The number of rotatable bonds is 13. The van der Waals surface area contributed by atoms with E-state index in [9.17, 15) is 84.6 Å². The predicted molar refractivity (Wildman–Crippen MR) is 392 cm³/mol. The number of phenolic OH excluding ortho intramolecular Hbond substituents is 8. The molecular weight excluding hydrogens is 1320 g/mol. The highest BCUT2D eigenvalue weighted by Gasteiger charge is 2.40. The number of carbonyl (C=O) groups excluding carboxylic acids is 7. The number of hydrogen-bond donors (Lipinski definition) is 12. The Kier molecular flexibility index (Phi) is 21.8. The summed E-state index contributed by atoms with van der Waals surface area (Å²) < 4.78 is 10.6. The van der Waals surface area contributed by atoms with Gasteiger partial charge in [-0.2, -0.15) is 4.99 Å². The van der Waals surface area contributed by atoms with Crippen LogP contribution in [0.5, 0.6) is 46.0 Å². The van der Waals surface area contributed by atoms with Gasteiger partial charge in [0.05, 0.1) is 28.0 Å². The smallest absolute Gasteiger partial charge is 0.416 e. The molecule has 0 saturated heterocycles. The molecule has 12 N–H and O–H groups in total. The number of allylic oxidation sites excluding steroid dienone is 4. The van der Waals surface area contributed by atoms with E-state index in [1.165, 1.54) is 6.08 Å². The van der Waals surface area contributed by atoms with E-state index in [0.717, 1.165) is 12.5 Å². The number of aryl methyl sites for hydroxylation is 4. The predicted octanol–water partition coefficient (Wildman–Crippen LogP) is 17.6. The van der Waals surface area contributed by atoms with E-state index in [1.807, 2.05) is 18.2 Å². The Bertz CT molecular complexity index is 4900. The number of carbonyl (C=O) groups is 6. The zero-order chi connectivity index (χ0) is 75.5. The van der Waals surface area contributed by atoms with Gasteiger partial charge in [0.2, 0.25) is 17.6 Å². The average Bonchev–Trinajstić information content (AvgIpc) is 0.727. The molecule has 22 heteroatoms. The molecule has 0 fully saturated rings. The molecule has 11 rings (SSSR count). The van der Waals surface area contributed by atoms with Gasteiger partial charge in [0.25, 0.3) is 0 Å². The SMILES string of the molecule is Cc1cc2c(C(C)C)c(O)c(O)c(C=O)c2c(O)c1-c1c(C)cc2c(C(C)C)c(O)c(O)c(C=O)c2c1O.Cc1cc2c(c(O)c1-c1c(C)cc3c(c1O)/C(=C/OC(=O)Nc1ccccc1)C(=O)C(O)=C3C(C)C)/C(=C/OC(=O)Nc1ccccc1)C(=O)C(O)=C2C(C)C.O=C=Nc1ccccc1. The lowest BCUT2D eigenvalue weighted by Gasteiger charge is -2.29. The van der Waals surface area contributed by atoms with Crippen molar-refractivity contribution in [3.05, 3.63) is 206 Å². The molecule has 0 aromatic heterocycles. The van der Waals surface area contributed by atoms with E-state index in [2.05, 4.69) is 15.6 Å². The lowest BCUT2D eigenvalue weighted by Crippen LogP contribution is -2.20. The van der Waals surface area contributed by atoms with Crippen LogP contribution in [0.25, 0.3) is 66.1 Å². The van der Waals surface area contributed by atoms with Gasteiger partial charge < -0.3 is 60.5 Å². The summed E-state index contributed by atoms with van der Waals surface area (Å²) in [6, 6.07) is 32.5. The van der Waals surface area contributed by atoms with Crippen molar-refractivity contribution in [2.45, 2.75) is 94.9 Å². The number of nitrogens with one attached hydrogen (secondary N) is 2. The molecule has 528 valence electrons. The number of amides is 2. The number of benzene rings is 9. The molecule has 0 bridgehead atoms. The first-order chi connectivity index (χ1) is 48.8. The molecule has 9 aromatic rings. The fraction of sp³-hybridized carbons (Fsp3) is 0.198. The van der Waals surface area contributed by atoms with Crippen molar-refractivity contribution >= 4 is 103 Å². The van der Waals surface area contributed by atoms with Crippen molar-refractivity contribution < 1.29 is 94.1 Å². The first kappa shape index (κ1) is 74.3. The highest BCUT2D eigenvalue weighted by atomic mass is 16.5. The maximum Gasteiger partial charge on any atom is 0.416 e. The quantitative estimate of drug-likeness (QED) is 0.0127. The normalized spacial score (nSPS) is 13.4. The number of hydrogen-bond acceptors (Lipinski definition) is 20. The topological polar surface area (TPSA) is 377 Å². The zero-order valence-corrected chi connectivity index (χ0v) is 58.2. The van der Waals surface area contributed by atoms with Crippen LogP contribution in [0.1, 0.15) is 144 Å². The number of nitrogens with zero attached hydrogens (tertiary/aromatic N) is 1. The minimum absolute atomic E-state index is 0.00512. The Morgan fingerprint density at radius 1 is 0.427 bits per heavy atom. The summed E-state index contributed by atoms with van der Waals surface area (Å²) in [6.07, 6.45) is 1.97. The van der Waals surface area contributed by atoms with Gasteiger partial charge in [-0.15, -0.1) is 0 Å². The number of phenols is 8. The summed E-state index contributed by atoms with van der Waals surface area (Å²) in [5.74, 6) is -8.30. The summed E-state index contributed by atoms with van der Waals surface area (Å²) in [7, 11) is 0. The number of ketones is 2. The second kappa shape index (κ2) is 30.3. The Hall–Kier alpha value is -12.9. The fourth-order valence-electron chi connectivity index (χ4n) is 13.3. The van der Waals surface area contributed by atoms with Crippen molar-refractivity contribution in [3.8, 4) is 68.2 Å². The van der Waals surface area contributed by atoms with Crippen molar-refractivity contribution in [1.29, 1.82) is 0 Å². The molecule has 103 heavy (non-hydrogen) atoms. The summed E-state index contributed by atoms with van der Waals surface area (Å²) in [5.41, 5.74) is 4.09. The summed E-state index contributed by atoms with van der Waals surface area (Å²) in [6.45, 7) is 20.9. The molecule has 0 spiro atoms. The number of aromatic hydroxyl groups is 8. The van der Waals surface area contributed by atoms with Gasteiger partial charge in [-0.3, -0.25) is 29.8 Å². The first-order valence-corrected chi connectivity index (χ1v) is 32.5. The number of Topliss-reactive ketones (excluding diaryl/α,β-unsaturated/α-hetero) is 2. The molecule has 0 unspecified atom stereocenters. The summed E-state index contributed by atoms with van der Waals surface area (Å²) in [4.78, 5) is 90.2. The van der Waals surface area contributed by atoms with E-state index >= 15 is 0 Å². The number of ether oxygens (including phenoxy) is 2. The molecule has 2 aliphatic rings. The molecule has 22 nitrogen and oxygen atoms in total. The molecule has 0 aliphatic heterocycles. The second-order valence-electron chi connectivity index (χ2n) is 25.8. The summed E-state index contributed by atoms with van der Waals surface area (Å²) >= 11 is 0. The molecule has 9 aromatic carbocycles. The van der Waals surface area contributed by atoms with Crippen LogP contribution >= 0.6 is 0 Å². The van der Waals surface area contributed by atoms with Crippen LogP contribution in [0.3, 0.4) is 0 Å². The van der Waals surface area contributed by atoms with Gasteiger partial charge >= 0.3 is 12.2 Å². The van der Waals surface area contributed by atoms with E-state index in [1.54, 1.807) is 180 Å². The van der Waals surface area contributed by atoms with Gasteiger partial charge in [-0.05, 0) is 132 Å². The van der Waals surface area contributed by atoms with Crippen LogP contribution in [0, 0.1) is 39.5 Å². The van der Waals surface area contributed by atoms with Crippen LogP contribution < -0.4 is 10.6 Å². The third kappa shape index (κ3) is 13.9. The van der Waals surface area contributed by atoms with Crippen molar-refractivity contribution in [3.63, 3.8) is 0 Å². The van der Waals surface area contributed by atoms with E-state index in [0.29, 0.717) is 84.9 Å². The Balaban J connectivity index is 0.000000225. The van der Waals surface area contributed by atoms with Gasteiger partial charge in [0.15, 0.2) is 47.1 Å². The molecule has 0 radical (unpaired) electrons. The minimum Gasteiger partial charge on any atom is -0.507 e. The molecule has 0 atom stereocenters. The molecular formula is C81H75N3O19. The van der Waals surface area contributed by atoms with E-state index in [4.69, 9.17) is 9.47 Å². The largest absolute Gasteiger partial charge is 0.507 e. The van der Waals surface area contributed by atoms with Crippen LogP contribution in [0.2, 0.25) is 0 Å². The lowest BCUT2D eigenvalue weighted by atomic mass is 9.75. The maximum atomic E-state index is 13.8. The number of para-hydroxylation sites is 3.